The molecule has 0 fully saturated rings. The molecule has 0 radical (unpaired) electrons. The first-order valence-corrected chi connectivity index (χ1v) is 38.4. The van der Waals surface area contributed by atoms with Gasteiger partial charge in [0.2, 0.25) is 0 Å². The summed E-state index contributed by atoms with van der Waals surface area (Å²) < 4.78 is 23.0. The van der Waals surface area contributed by atoms with Gasteiger partial charge in [-0.3, -0.25) is 9.59 Å². The number of rotatable bonds is 71. The van der Waals surface area contributed by atoms with Crippen molar-refractivity contribution in [1.82, 2.24) is 0 Å². The highest BCUT2D eigenvalue weighted by molar-refractivity contribution is 5.71. The summed E-state index contributed by atoms with van der Waals surface area (Å²) in [5.41, 5.74) is 0. The number of unbranched alkanes of at least 4 members (excludes halogenated alkanes) is 40. The molecule has 0 saturated heterocycles. The zero-order chi connectivity index (χ0) is 66.1. The van der Waals surface area contributed by atoms with Gasteiger partial charge in [-0.15, -0.1) is 0 Å². The summed E-state index contributed by atoms with van der Waals surface area (Å²) in [6, 6.07) is 0. The van der Waals surface area contributed by atoms with Crippen molar-refractivity contribution in [2.45, 2.75) is 360 Å². The molecule has 0 saturated carbocycles. The maximum absolute atomic E-state index is 13.0. The highest BCUT2D eigenvalue weighted by atomic mass is 16.7. The molecule has 2 atom stereocenters. The average molecular weight is 1270 g/mol. The zero-order valence-electron chi connectivity index (χ0n) is 60.2. The number of allylic oxidation sites excluding steroid dienone is 16. The predicted octanol–water partition coefficient (Wildman–Crippen LogP) is 24.4. The zero-order valence-corrected chi connectivity index (χ0v) is 60.2. The summed E-state index contributed by atoms with van der Waals surface area (Å²) in [5, 5.41) is 9.76. The minimum absolute atomic E-state index is 0.180. The van der Waals surface area contributed by atoms with Gasteiger partial charge in [0.15, 0.2) is 6.10 Å². The van der Waals surface area contributed by atoms with Crippen molar-refractivity contribution < 1.29 is 42.9 Å². The first-order valence-electron chi connectivity index (χ1n) is 38.4. The molecule has 0 aromatic heterocycles. The predicted molar refractivity (Wildman–Crippen MR) is 392 cm³/mol. The molecule has 0 heterocycles. The van der Waals surface area contributed by atoms with E-state index in [1.165, 1.54) is 231 Å². The fourth-order valence-corrected chi connectivity index (χ4v) is 11.0. The Bertz CT molecular complexity index is 1820. The van der Waals surface area contributed by atoms with Gasteiger partial charge in [-0.25, -0.2) is 4.79 Å². The van der Waals surface area contributed by atoms with Crippen LogP contribution < -0.4 is 0 Å². The Morgan fingerprint density at radius 3 is 0.934 bits per heavy atom. The molecule has 0 aliphatic heterocycles. The lowest BCUT2D eigenvalue weighted by atomic mass is 10.0. The summed E-state index contributed by atoms with van der Waals surface area (Å²) >= 11 is 0. The number of aliphatic carboxylic acids is 1. The fourth-order valence-electron chi connectivity index (χ4n) is 11.0. The molecule has 9 nitrogen and oxygen atoms in total. The number of likely N-dealkylation sites (N-methyl/N-ethyl adjacent to an activating group) is 1. The van der Waals surface area contributed by atoms with Crippen LogP contribution in [-0.4, -0.2) is 87.4 Å². The lowest BCUT2D eigenvalue weighted by Crippen LogP contribution is -2.40. The van der Waals surface area contributed by atoms with E-state index >= 15 is 0 Å². The molecule has 0 aliphatic carbocycles. The molecular weight excluding hydrogens is 1130 g/mol. The highest BCUT2D eigenvalue weighted by Crippen LogP contribution is 2.19. The third-order valence-electron chi connectivity index (χ3n) is 16.9. The van der Waals surface area contributed by atoms with Crippen molar-refractivity contribution in [2.24, 2.45) is 0 Å². The summed E-state index contributed by atoms with van der Waals surface area (Å²) in [6.07, 6.45) is 96.9. The number of hydrogen-bond acceptors (Lipinski definition) is 7. The van der Waals surface area contributed by atoms with Crippen LogP contribution in [0, 0.1) is 0 Å². The molecule has 2 unspecified atom stereocenters. The van der Waals surface area contributed by atoms with Crippen molar-refractivity contribution in [2.75, 3.05) is 47.5 Å². The molecule has 526 valence electrons. The van der Waals surface area contributed by atoms with Crippen LogP contribution in [0.25, 0.3) is 0 Å². The minimum atomic E-state index is -1.51. The van der Waals surface area contributed by atoms with Crippen molar-refractivity contribution >= 4 is 17.9 Å². The second-order valence-electron chi connectivity index (χ2n) is 26.9. The summed E-state index contributed by atoms with van der Waals surface area (Å²) in [7, 11) is 5.99. The number of esters is 2. The number of carboxylic acids is 1. The van der Waals surface area contributed by atoms with Gasteiger partial charge in [0.05, 0.1) is 34.4 Å². The van der Waals surface area contributed by atoms with Crippen LogP contribution in [0.1, 0.15) is 348 Å². The molecule has 1 N–H and O–H groups in total. The van der Waals surface area contributed by atoms with E-state index in [-0.39, 0.29) is 38.2 Å². The third kappa shape index (κ3) is 73.5. The molecule has 9 heteroatoms. The minimum Gasteiger partial charge on any atom is -0.477 e. The molecule has 0 bridgehead atoms. The smallest absolute Gasteiger partial charge is 0.361 e. The Morgan fingerprint density at radius 1 is 0.341 bits per heavy atom. The number of nitrogens with zero attached hydrogens (tertiary/aromatic N) is 1. The summed E-state index contributed by atoms with van der Waals surface area (Å²) in [5.74, 6) is -1.98. The van der Waals surface area contributed by atoms with E-state index in [1.807, 2.05) is 21.1 Å². The third-order valence-corrected chi connectivity index (χ3v) is 16.9. The summed E-state index contributed by atoms with van der Waals surface area (Å²) in [4.78, 5) is 37.7. The Hall–Kier alpha value is -3.79. The Morgan fingerprint density at radius 2 is 0.626 bits per heavy atom. The molecule has 0 aromatic carbocycles. The van der Waals surface area contributed by atoms with Gasteiger partial charge in [0.1, 0.15) is 13.2 Å². The van der Waals surface area contributed by atoms with Gasteiger partial charge in [-0.1, -0.05) is 355 Å². The van der Waals surface area contributed by atoms with Crippen LogP contribution in [-0.2, 0) is 33.3 Å². The molecule has 91 heavy (non-hydrogen) atoms. The van der Waals surface area contributed by atoms with Crippen molar-refractivity contribution in [1.29, 1.82) is 0 Å². The molecular formula is C82H146NO8+. The van der Waals surface area contributed by atoms with Crippen LogP contribution in [0.3, 0.4) is 0 Å². The van der Waals surface area contributed by atoms with Gasteiger partial charge in [0.25, 0.3) is 6.29 Å². The summed E-state index contributed by atoms with van der Waals surface area (Å²) in [6.45, 7) is 4.82. The van der Waals surface area contributed by atoms with Gasteiger partial charge in [-0.05, 0) is 77.0 Å². The van der Waals surface area contributed by atoms with Crippen LogP contribution in [0.15, 0.2) is 97.2 Å². The Kier molecular flexibility index (Phi) is 69.0. The van der Waals surface area contributed by atoms with E-state index in [0.717, 1.165) is 89.9 Å². The van der Waals surface area contributed by atoms with Crippen LogP contribution >= 0.6 is 0 Å². The van der Waals surface area contributed by atoms with Crippen molar-refractivity contribution in [3.05, 3.63) is 97.2 Å². The molecule has 0 aromatic rings. The van der Waals surface area contributed by atoms with Gasteiger partial charge >= 0.3 is 17.9 Å². The van der Waals surface area contributed by atoms with E-state index < -0.39 is 18.4 Å². The van der Waals surface area contributed by atoms with E-state index in [9.17, 15) is 19.5 Å². The molecule has 0 spiro atoms. The molecule has 0 amide bonds. The van der Waals surface area contributed by atoms with Crippen molar-refractivity contribution in [3.8, 4) is 0 Å². The average Bonchev–Trinajstić information content (AvgIpc) is 3.53. The van der Waals surface area contributed by atoms with E-state index in [4.69, 9.17) is 18.9 Å². The monoisotopic (exact) mass is 1270 g/mol. The Labute approximate surface area is 562 Å². The van der Waals surface area contributed by atoms with Crippen LogP contribution in [0.5, 0.6) is 0 Å². The SMILES string of the molecule is CC/C=C\C/C=C\C/C=C\C/C=C\C/C=C\C/C=C\C/C=C\C/C=C\CCCCCCCCCCCCCCCCCCC(=O)OC(COC(=O)CCCCCCCCCCCCCCCCCCCCCCCCCCC)COC(OCC[N+](C)(C)C)C(=O)O. The quantitative estimate of drug-likeness (QED) is 0.0211. The van der Waals surface area contributed by atoms with Gasteiger partial charge in [-0.2, -0.15) is 0 Å². The van der Waals surface area contributed by atoms with Gasteiger partial charge in [0, 0.05) is 12.8 Å². The van der Waals surface area contributed by atoms with E-state index in [1.54, 1.807) is 0 Å². The van der Waals surface area contributed by atoms with Crippen LogP contribution in [0.4, 0.5) is 0 Å². The second-order valence-corrected chi connectivity index (χ2v) is 26.9. The number of carbonyl (C=O) groups is 3. The maximum Gasteiger partial charge on any atom is 0.361 e. The Balaban J connectivity index is 4.03. The first kappa shape index (κ1) is 87.2. The number of ether oxygens (including phenoxy) is 4. The number of carboxylic acid groups (broad SMARTS) is 1. The molecule has 0 aliphatic rings. The number of hydrogen-bond donors (Lipinski definition) is 1. The lowest BCUT2D eigenvalue weighted by Gasteiger charge is -2.25. The second kappa shape index (κ2) is 72.0. The van der Waals surface area contributed by atoms with Gasteiger partial charge < -0.3 is 28.5 Å². The number of quaternary nitrogens is 1. The van der Waals surface area contributed by atoms with E-state index in [2.05, 4.69) is 111 Å². The standard InChI is InChI=1S/C82H145NO8/c1-6-8-10-12-14-16-18-20-22-24-26-28-30-32-33-34-35-36-37-38-39-40-41-42-43-44-45-46-47-49-51-53-55-57-59-61-63-65-67-69-71-73-80(85)91-78(77-90-82(81(86)87)88-75-74-83(3,4)5)76-89-79(84)72-70-68-66-64-62-60-58-56-54-52-50-48-31-29-27-25-23-21-19-17-15-13-11-9-7-2/h8,10,14,16,20,22,26,28,32-33,35-36,38-39,41-42,78,82H,6-7,9,11-13,15,17-19,21,23-25,27,29-31,34,37,40,43-77H2,1-5H3/p+1/b10-8-,16-14-,22-20-,28-26-,33-32-,36-35-,39-38-,42-41-. The van der Waals surface area contributed by atoms with Crippen LogP contribution in [0.2, 0.25) is 0 Å². The largest absolute Gasteiger partial charge is 0.477 e. The van der Waals surface area contributed by atoms with Crippen molar-refractivity contribution in [3.63, 3.8) is 0 Å². The lowest BCUT2D eigenvalue weighted by molar-refractivity contribution is -0.870. The number of carbonyl (C=O) groups excluding carboxylic acids is 2. The highest BCUT2D eigenvalue weighted by Gasteiger charge is 2.25. The normalized spacial score (nSPS) is 13.2. The first-order chi connectivity index (χ1) is 44.6. The molecule has 0 rings (SSSR count). The fraction of sp³-hybridized carbons (Fsp3) is 0.768. The maximum atomic E-state index is 13.0. The van der Waals surface area contributed by atoms with E-state index in [0.29, 0.717) is 17.4 Å². The topological polar surface area (TPSA) is 108 Å².